The molecule has 1 aliphatic heterocycles. The van der Waals surface area contributed by atoms with E-state index in [4.69, 9.17) is 0 Å². The number of nitrogens with zero attached hydrogens (tertiary/aromatic N) is 2. The van der Waals surface area contributed by atoms with Gasteiger partial charge in [-0.05, 0) is 36.1 Å². The summed E-state index contributed by atoms with van der Waals surface area (Å²) in [5, 5.41) is 8.74. The third-order valence-corrected chi connectivity index (χ3v) is 5.81. The van der Waals surface area contributed by atoms with Crippen molar-refractivity contribution in [1.29, 1.82) is 0 Å². The van der Waals surface area contributed by atoms with Gasteiger partial charge < -0.3 is 4.90 Å². The van der Waals surface area contributed by atoms with Gasteiger partial charge in [0.15, 0.2) is 0 Å². The zero-order valence-electron chi connectivity index (χ0n) is 13.8. The lowest BCUT2D eigenvalue weighted by atomic mass is 9.92. The summed E-state index contributed by atoms with van der Waals surface area (Å²) in [6.45, 7) is 2.13. The van der Waals surface area contributed by atoms with E-state index >= 15 is 0 Å². The highest BCUT2D eigenvalue weighted by atomic mass is 16.2. The Hall–Kier alpha value is -2.62. The highest BCUT2D eigenvalue weighted by molar-refractivity contribution is 6.11. The highest BCUT2D eigenvalue weighted by Gasteiger charge is 2.66. The van der Waals surface area contributed by atoms with Crippen LogP contribution in [0.3, 0.4) is 0 Å². The first kappa shape index (κ1) is 13.8. The van der Waals surface area contributed by atoms with Crippen LogP contribution < -0.4 is 4.90 Å². The number of H-pyrrole nitrogens is 1. The van der Waals surface area contributed by atoms with Crippen LogP contribution in [-0.4, -0.2) is 23.2 Å². The largest absolute Gasteiger partial charge is 0.314 e. The van der Waals surface area contributed by atoms with Crippen LogP contribution in [-0.2, 0) is 16.6 Å². The first-order chi connectivity index (χ1) is 11.7. The lowest BCUT2D eigenvalue weighted by Gasteiger charge is -2.11. The maximum atomic E-state index is 12.9. The van der Waals surface area contributed by atoms with E-state index in [0.717, 1.165) is 24.0 Å². The molecule has 1 amide bonds. The van der Waals surface area contributed by atoms with Crippen molar-refractivity contribution in [3.05, 3.63) is 59.3 Å². The summed E-state index contributed by atoms with van der Waals surface area (Å²) < 4.78 is 0. The standard InChI is InChI=1S/C20H19N3O/c1-3-16-13-9-8-12(10-17(13)22-21-16)15-11-20(15)14-6-4-5-7-18(14)23(2)19(20)24/h4-10,15H,3,11H2,1-2H3,(H,21,22). The molecule has 2 aliphatic rings. The number of carbonyl (C=O) groups excluding carboxylic acids is 1. The molecule has 2 heterocycles. The number of aromatic amines is 1. The molecule has 1 spiro atoms. The number of likely N-dealkylation sites (N-methyl/N-ethyl adjacent to an activating group) is 1. The third kappa shape index (κ3) is 1.53. The molecule has 1 fully saturated rings. The fourth-order valence-electron chi connectivity index (χ4n) is 4.44. The van der Waals surface area contributed by atoms with Gasteiger partial charge in [0.05, 0.1) is 10.9 Å². The fourth-order valence-corrected chi connectivity index (χ4v) is 4.44. The van der Waals surface area contributed by atoms with Crippen LogP contribution in [0.2, 0.25) is 0 Å². The van der Waals surface area contributed by atoms with Crippen LogP contribution >= 0.6 is 0 Å². The quantitative estimate of drug-likeness (QED) is 0.786. The summed E-state index contributed by atoms with van der Waals surface area (Å²) in [6, 6.07) is 14.7. The molecule has 4 nitrogen and oxygen atoms in total. The van der Waals surface area contributed by atoms with Crippen molar-refractivity contribution < 1.29 is 4.79 Å². The minimum atomic E-state index is -0.358. The lowest BCUT2D eigenvalue weighted by molar-refractivity contribution is -0.120. The smallest absolute Gasteiger partial charge is 0.238 e. The van der Waals surface area contributed by atoms with Gasteiger partial charge in [-0.25, -0.2) is 0 Å². The summed E-state index contributed by atoms with van der Waals surface area (Å²) in [5.41, 5.74) is 5.26. The van der Waals surface area contributed by atoms with E-state index in [1.54, 1.807) is 0 Å². The van der Waals surface area contributed by atoms with Gasteiger partial charge in [-0.1, -0.05) is 37.3 Å². The topological polar surface area (TPSA) is 49.0 Å². The summed E-state index contributed by atoms with van der Waals surface area (Å²) in [4.78, 5) is 14.8. The number of aryl methyl sites for hydroxylation is 1. The molecule has 1 aliphatic carbocycles. The zero-order chi connectivity index (χ0) is 16.5. The van der Waals surface area contributed by atoms with E-state index in [-0.39, 0.29) is 17.2 Å². The summed E-state index contributed by atoms with van der Waals surface area (Å²) >= 11 is 0. The molecular formula is C20H19N3O. The zero-order valence-corrected chi connectivity index (χ0v) is 13.8. The molecule has 5 rings (SSSR count). The summed E-state index contributed by atoms with van der Waals surface area (Å²) in [7, 11) is 1.88. The Bertz CT molecular complexity index is 989. The molecule has 120 valence electrons. The van der Waals surface area contributed by atoms with Gasteiger partial charge in [0.2, 0.25) is 5.91 Å². The number of rotatable bonds is 2. The van der Waals surface area contributed by atoms with E-state index < -0.39 is 0 Å². The van der Waals surface area contributed by atoms with Crippen molar-refractivity contribution >= 4 is 22.5 Å². The van der Waals surface area contributed by atoms with Crippen LogP contribution in [0.1, 0.15) is 36.1 Å². The second-order valence-electron chi connectivity index (χ2n) is 6.94. The Morgan fingerprint density at radius 1 is 1.29 bits per heavy atom. The minimum absolute atomic E-state index is 0.227. The second-order valence-corrected chi connectivity index (χ2v) is 6.94. The molecule has 0 radical (unpaired) electrons. The van der Waals surface area contributed by atoms with Crippen molar-refractivity contribution in [2.75, 3.05) is 11.9 Å². The Kier molecular flexibility index (Phi) is 2.57. The van der Waals surface area contributed by atoms with Crippen LogP contribution in [0.4, 0.5) is 5.69 Å². The van der Waals surface area contributed by atoms with Crippen molar-refractivity contribution in [3.8, 4) is 0 Å². The normalized spacial score (nSPS) is 24.8. The molecule has 2 aromatic carbocycles. The van der Waals surface area contributed by atoms with Gasteiger partial charge >= 0.3 is 0 Å². The third-order valence-electron chi connectivity index (χ3n) is 5.81. The molecule has 2 atom stereocenters. The Morgan fingerprint density at radius 3 is 2.96 bits per heavy atom. The van der Waals surface area contributed by atoms with Crippen LogP contribution in [0.5, 0.6) is 0 Å². The number of para-hydroxylation sites is 1. The molecule has 3 aromatic rings. The number of nitrogens with one attached hydrogen (secondary N) is 1. The molecular weight excluding hydrogens is 298 g/mol. The second kappa shape index (κ2) is 4.47. The SMILES string of the molecule is CCc1[nH]nc2cc(C3CC34C(=O)N(C)c3ccccc34)ccc12. The van der Waals surface area contributed by atoms with E-state index in [2.05, 4.69) is 41.4 Å². The molecule has 0 saturated heterocycles. The first-order valence-corrected chi connectivity index (χ1v) is 8.51. The molecule has 1 aromatic heterocycles. The number of benzene rings is 2. The number of aromatic nitrogens is 2. The number of hydrogen-bond donors (Lipinski definition) is 1. The van der Waals surface area contributed by atoms with E-state index in [1.165, 1.54) is 22.2 Å². The number of anilines is 1. The molecule has 2 unspecified atom stereocenters. The lowest BCUT2D eigenvalue weighted by Crippen LogP contribution is -2.29. The average molecular weight is 317 g/mol. The van der Waals surface area contributed by atoms with E-state index in [0.29, 0.717) is 0 Å². The maximum Gasteiger partial charge on any atom is 0.238 e. The molecule has 24 heavy (non-hydrogen) atoms. The van der Waals surface area contributed by atoms with Gasteiger partial charge in [-0.3, -0.25) is 9.89 Å². The number of carbonyl (C=O) groups is 1. The van der Waals surface area contributed by atoms with Crippen molar-refractivity contribution in [3.63, 3.8) is 0 Å². The van der Waals surface area contributed by atoms with Gasteiger partial charge in [-0.15, -0.1) is 0 Å². The number of amides is 1. The van der Waals surface area contributed by atoms with Gasteiger partial charge in [0.1, 0.15) is 0 Å². The van der Waals surface area contributed by atoms with Crippen LogP contribution in [0.15, 0.2) is 42.5 Å². The predicted octanol–water partition coefficient (Wildman–Crippen LogP) is 3.53. The monoisotopic (exact) mass is 317 g/mol. The van der Waals surface area contributed by atoms with Crippen LogP contribution in [0.25, 0.3) is 10.9 Å². The first-order valence-electron chi connectivity index (χ1n) is 8.51. The van der Waals surface area contributed by atoms with E-state index in [1.807, 2.05) is 30.1 Å². The Morgan fingerprint density at radius 2 is 2.12 bits per heavy atom. The maximum absolute atomic E-state index is 12.9. The summed E-state index contributed by atoms with van der Waals surface area (Å²) in [5.74, 6) is 0.479. The van der Waals surface area contributed by atoms with Gasteiger partial charge in [0, 0.05) is 29.7 Å². The Balaban J connectivity index is 1.60. The molecule has 1 N–H and O–H groups in total. The van der Waals surface area contributed by atoms with Gasteiger partial charge in [-0.2, -0.15) is 5.10 Å². The number of hydrogen-bond acceptors (Lipinski definition) is 2. The van der Waals surface area contributed by atoms with Crippen molar-refractivity contribution in [2.45, 2.75) is 31.1 Å². The minimum Gasteiger partial charge on any atom is -0.314 e. The van der Waals surface area contributed by atoms with Gasteiger partial charge in [0.25, 0.3) is 0 Å². The summed E-state index contributed by atoms with van der Waals surface area (Å²) in [6.07, 6.45) is 1.84. The van der Waals surface area contributed by atoms with E-state index in [9.17, 15) is 4.79 Å². The highest BCUT2D eigenvalue weighted by Crippen LogP contribution is 2.66. The Labute approximate surface area is 140 Å². The molecule has 4 heteroatoms. The predicted molar refractivity (Wildman–Crippen MR) is 94.4 cm³/mol. The fraction of sp³-hybridized carbons (Fsp3) is 0.300. The molecule has 0 bridgehead atoms. The van der Waals surface area contributed by atoms with Crippen molar-refractivity contribution in [2.24, 2.45) is 0 Å². The average Bonchev–Trinajstić information content (AvgIpc) is 3.19. The van der Waals surface area contributed by atoms with Crippen molar-refractivity contribution in [1.82, 2.24) is 10.2 Å². The van der Waals surface area contributed by atoms with Crippen LogP contribution in [0, 0.1) is 0 Å². The number of fused-ring (bicyclic) bond motifs is 3. The molecule has 1 saturated carbocycles.